The molecule has 0 aromatic carbocycles. The summed E-state index contributed by atoms with van der Waals surface area (Å²) in [5.41, 5.74) is 6.88. The molecule has 0 saturated heterocycles. The standard InChI is InChI=1S/C18H23NO/c1-2-5-13-6-3-4-7-16(13)18-15(12-20)10-14-11-19-9-8-17(14)18/h3-4,6,8,11,16,19-20H,2,5,7,9-10,12H2,1H3. The van der Waals surface area contributed by atoms with E-state index in [-0.39, 0.29) is 6.61 Å². The van der Waals surface area contributed by atoms with Gasteiger partial charge in [-0.15, -0.1) is 0 Å². The summed E-state index contributed by atoms with van der Waals surface area (Å²) in [6.45, 7) is 3.32. The van der Waals surface area contributed by atoms with Crippen molar-refractivity contribution in [1.29, 1.82) is 0 Å². The predicted molar refractivity (Wildman–Crippen MR) is 83.1 cm³/mol. The molecule has 0 fully saturated rings. The summed E-state index contributed by atoms with van der Waals surface area (Å²) < 4.78 is 0. The highest BCUT2D eigenvalue weighted by molar-refractivity contribution is 5.61. The molecule has 0 spiro atoms. The molecule has 0 radical (unpaired) electrons. The van der Waals surface area contributed by atoms with Gasteiger partial charge in [-0.1, -0.05) is 43.2 Å². The Morgan fingerprint density at radius 2 is 2.30 bits per heavy atom. The average molecular weight is 269 g/mol. The summed E-state index contributed by atoms with van der Waals surface area (Å²) in [6, 6.07) is 0. The van der Waals surface area contributed by atoms with Gasteiger partial charge in [-0.25, -0.2) is 0 Å². The van der Waals surface area contributed by atoms with Crippen LogP contribution in [0.15, 0.2) is 58.4 Å². The minimum Gasteiger partial charge on any atom is -0.392 e. The van der Waals surface area contributed by atoms with Crippen molar-refractivity contribution in [2.75, 3.05) is 13.2 Å². The average Bonchev–Trinajstić information content (AvgIpc) is 2.86. The van der Waals surface area contributed by atoms with E-state index in [4.69, 9.17) is 0 Å². The number of hydrogen-bond donors (Lipinski definition) is 2. The largest absolute Gasteiger partial charge is 0.392 e. The Labute approximate surface area is 121 Å². The Balaban J connectivity index is 1.98. The summed E-state index contributed by atoms with van der Waals surface area (Å²) in [4.78, 5) is 0. The summed E-state index contributed by atoms with van der Waals surface area (Å²) in [5.74, 6) is 0.470. The van der Waals surface area contributed by atoms with Crippen LogP contribution in [0.1, 0.15) is 32.6 Å². The SMILES string of the molecule is CCCC1=CC=CCC1C1=C(CO)CC2=CNCC=C21. The van der Waals surface area contributed by atoms with Crippen molar-refractivity contribution in [2.24, 2.45) is 5.92 Å². The lowest BCUT2D eigenvalue weighted by molar-refractivity contribution is 0.327. The first-order chi connectivity index (χ1) is 9.85. The predicted octanol–water partition coefficient (Wildman–Crippen LogP) is 3.40. The molecule has 2 N–H and O–H groups in total. The lowest BCUT2D eigenvalue weighted by Crippen LogP contribution is -2.16. The van der Waals surface area contributed by atoms with E-state index in [1.807, 2.05) is 0 Å². The molecule has 1 heterocycles. The molecule has 1 aliphatic heterocycles. The molecule has 0 aromatic heterocycles. The molecule has 2 heteroatoms. The van der Waals surface area contributed by atoms with E-state index in [2.05, 4.69) is 42.7 Å². The van der Waals surface area contributed by atoms with E-state index in [0.717, 1.165) is 25.8 Å². The van der Waals surface area contributed by atoms with Gasteiger partial charge in [0.05, 0.1) is 6.61 Å². The number of aliphatic hydroxyl groups excluding tert-OH is 1. The van der Waals surface area contributed by atoms with Crippen LogP contribution in [0.25, 0.3) is 0 Å². The van der Waals surface area contributed by atoms with Crippen LogP contribution in [0.5, 0.6) is 0 Å². The third-order valence-corrected chi connectivity index (χ3v) is 4.46. The first-order valence-electron chi connectivity index (χ1n) is 7.66. The fourth-order valence-corrected chi connectivity index (χ4v) is 3.60. The molecule has 3 rings (SSSR count). The first-order valence-corrected chi connectivity index (χ1v) is 7.66. The molecule has 0 amide bonds. The van der Waals surface area contributed by atoms with Crippen LogP contribution in [-0.2, 0) is 0 Å². The number of nitrogens with one attached hydrogen (secondary N) is 1. The van der Waals surface area contributed by atoms with Crippen LogP contribution < -0.4 is 5.32 Å². The summed E-state index contributed by atoms with van der Waals surface area (Å²) in [5, 5.41) is 13.0. The van der Waals surface area contributed by atoms with Gasteiger partial charge in [-0.3, -0.25) is 0 Å². The highest BCUT2D eigenvalue weighted by Gasteiger charge is 2.31. The van der Waals surface area contributed by atoms with Crippen LogP contribution in [0.4, 0.5) is 0 Å². The van der Waals surface area contributed by atoms with Crippen molar-refractivity contribution in [3.05, 3.63) is 58.4 Å². The molecule has 2 nitrogen and oxygen atoms in total. The smallest absolute Gasteiger partial charge is 0.0651 e. The third-order valence-electron chi connectivity index (χ3n) is 4.46. The monoisotopic (exact) mass is 269 g/mol. The van der Waals surface area contributed by atoms with Crippen molar-refractivity contribution >= 4 is 0 Å². The summed E-state index contributed by atoms with van der Waals surface area (Å²) in [6.07, 6.45) is 15.5. The minimum atomic E-state index is 0.184. The number of allylic oxidation sites excluding steroid dienone is 7. The maximum atomic E-state index is 9.76. The number of dihydropyridines is 1. The Morgan fingerprint density at radius 3 is 3.10 bits per heavy atom. The van der Waals surface area contributed by atoms with Crippen molar-refractivity contribution in [2.45, 2.75) is 32.6 Å². The van der Waals surface area contributed by atoms with Crippen LogP contribution in [0.3, 0.4) is 0 Å². The second-order valence-electron chi connectivity index (χ2n) is 5.76. The first kappa shape index (κ1) is 13.4. The fourth-order valence-electron chi connectivity index (χ4n) is 3.60. The van der Waals surface area contributed by atoms with Crippen LogP contribution >= 0.6 is 0 Å². The van der Waals surface area contributed by atoms with Gasteiger partial charge >= 0.3 is 0 Å². The van der Waals surface area contributed by atoms with Gasteiger partial charge in [-0.05, 0) is 41.6 Å². The van der Waals surface area contributed by atoms with Crippen LogP contribution in [-0.4, -0.2) is 18.3 Å². The molecule has 0 bridgehead atoms. The van der Waals surface area contributed by atoms with E-state index in [1.54, 1.807) is 0 Å². The van der Waals surface area contributed by atoms with Crippen LogP contribution in [0, 0.1) is 5.92 Å². The third kappa shape index (κ3) is 2.29. The highest BCUT2D eigenvalue weighted by atomic mass is 16.3. The van der Waals surface area contributed by atoms with Gasteiger partial charge in [0.25, 0.3) is 0 Å². The normalized spacial score (nSPS) is 24.9. The van der Waals surface area contributed by atoms with Crippen molar-refractivity contribution < 1.29 is 5.11 Å². The Morgan fingerprint density at radius 1 is 1.40 bits per heavy atom. The molecular weight excluding hydrogens is 246 g/mol. The van der Waals surface area contributed by atoms with E-state index in [9.17, 15) is 5.11 Å². The Hall–Kier alpha value is -1.54. The summed E-state index contributed by atoms with van der Waals surface area (Å²) >= 11 is 0. The van der Waals surface area contributed by atoms with E-state index < -0.39 is 0 Å². The number of fused-ring (bicyclic) bond motifs is 1. The second kappa shape index (κ2) is 5.84. The lowest BCUT2D eigenvalue weighted by atomic mass is 9.79. The molecular formula is C18H23NO. The van der Waals surface area contributed by atoms with E-state index in [0.29, 0.717) is 5.92 Å². The lowest BCUT2D eigenvalue weighted by Gasteiger charge is -2.26. The topological polar surface area (TPSA) is 32.3 Å². The van der Waals surface area contributed by atoms with Gasteiger partial charge in [0, 0.05) is 18.7 Å². The van der Waals surface area contributed by atoms with E-state index in [1.165, 1.54) is 34.3 Å². The number of hydrogen-bond acceptors (Lipinski definition) is 2. The van der Waals surface area contributed by atoms with Crippen LogP contribution in [0.2, 0.25) is 0 Å². The maximum absolute atomic E-state index is 9.76. The molecule has 20 heavy (non-hydrogen) atoms. The quantitative estimate of drug-likeness (QED) is 0.820. The maximum Gasteiger partial charge on any atom is 0.0651 e. The number of rotatable bonds is 4. The van der Waals surface area contributed by atoms with Gasteiger partial charge in [0.15, 0.2) is 0 Å². The molecule has 0 saturated carbocycles. The Kier molecular flexibility index (Phi) is 3.93. The zero-order valence-corrected chi connectivity index (χ0v) is 12.2. The highest BCUT2D eigenvalue weighted by Crippen LogP contribution is 2.45. The molecule has 1 unspecified atom stereocenters. The molecule has 106 valence electrons. The molecule has 0 aromatic rings. The van der Waals surface area contributed by atoms with Gasteiger partial charge < -0.3 is 10.4 Å². The number of aliphatic hydroxyl groups is 1. The molecule has 1 atom stereocenters. The zero-order valence-electron chi connectivity index (χ0n) is 12.2. The van der Waals surface area contributed by atoms with Gasteiger partial charge in [0.2, 0.25) is 0 Å². The second-order valence-corrected chi connectivity index (χ2v) is 5.76. The molecule has 2 aliphatic carbocycles. The van der Waals surface area contributed by atoms with Crippen molar-refractivity contribution in [3.63, 3.8) is 0 Å². The zero-order chi connectivity index (χ0) is 13.9. The fraction of sp³-hybridized carbons (Fsp3) is 0.444. The summed E-state index contributed by atoms with van der Waals surface area (Å²) in [7, 11) is 0. The van der Waals surface area contributed by atoms with Gasteiger partial charge in [-0.2, -0.15) is 0 Å². The van der Waals surface area contributed by atoms with E-state index >= 15 is 0 Å². The van der Waals surface area contributed by atoms with Crippen molar-refractivity contribution in [1.82, 2.24) is 5.32 Å². The molecule has 3 aliphatic rings. The van der Waals surface area contributed by atoms with Crippen molar-refractivity contribution in [3.8, 4) is 0 Å². The minimum absolute atomic E-state index is 0.184. The Bertz CT molecular complexity index is 546. The van der Waals surface area contributed by atoms with Gasteiger partial charge in [0.1, 0.15) is 0 Å².